The van der Waals surface area contributed by atoms with E-state index in [1.165, 1.54) is 17.4 Å². The number of fused-ring (bicyclic) bond motifs is 1. The summed E-state index contributed by atoms with van der Waals surface area (Å²) in [5, 5.41) is 7.17. The molecule has 3 N–H and O–H groups in total. The van der Waals surface area contributed by atoms with Gasteiger partial charge in [0.25, 0.3) is 5.91 Å². The van der Waals surface area contributed by atoms with Crippen molar-refractivity contribution >= 4 is 44.4 Å². The van der Waals surface area contributed by atoms with Gasteiger partial charge in [0, 0.05) is 4.70 Å². The normalized spacial score (nSPS) is 12.5. The number of nitrogens with one attached hydrogen (secondary N) is 1. The molecule has 0 fully saturated rings. The molecule has 0 aliphatic carbocycles. The summed E-state index contributed by atoms with van der Waals surface area (Å²) in [5.74, 6) is -0.669. The Kier molecular flexibility index (Phi) is 3.65. The average molecular weight is 320 g/mol. The van der Waals surface area contributed by atoms with Crippen LogP contribution in [0.15, 0.2) is 35.0 Å². The van der Waals surface area contributed by atoms with Gasteiger partial charge in [0.05, 0.1) is 17.1 Å². The Balaban J connectivity index is 1.92. The Hall–Kier alpha value is -1.92. The molecule has 0 aliphatic heterocycles. The van der Waals surface area contributed by atoms with E-state index in [-0.39, 0.29) is 17.6 Å². The van der Waals surface area contributed by atoms with Gasteiger partial charge in [-0.25, -0.2) is 4.39 Å². The molecule has 0 spiro atoms. The van der Waals surface area contributed by atoms with Gasteiger partial charge in [0.1, 0.15) is 10.7 Å². The molecule has 2 aromatic heterocycles. The molecular weight excluding hydrogens is 307 g/mol. The predicted molar refractivity (Wildman–Crippen MR) is 86.4 cm³/mol. The maximum absolute atomic E-state index is 13.8. The van der Waals surface area contributed by atoms with E-state index in [0.29, 0.717) is 15.0 Å². The SMILES string of the molecule is CC(NC(=O)c1sc2cccc(F)c2c1N)c1ccsc1. The Labute approximate surface area is 129 Å². The van der Waals surface area contributed by atoms with Crippen LogP contribution < -0.4 is 11.1 Å². The number of carbonyl (C=O) groups is 1. The molecule has 0 radical (unpaired) electrons. The number of thiophene rings is 2. The van der Waals surface area contributed by atoms with Crippen LogP contribution in [-0.2, 0) is 0 Å². The van der Waals surface area contributed by atoms with Crippen LogP contribution in [0.4, 0.5) is 10.1 Å². The van der Waals surface area contributed by atoms with Crippen LogP contribution in [0, 0.1) is 5.82 Å². The van der Waals surface area contributed by atoms with Gasteiger partial charge in [-0.2, -0.15) is 11.3 Å². The molecule has 1 amide bonds. The molecule has 0 aliphatic rings. The van der Waals surface area contributed by atoms with Crippen molar-refractivity contribution in [3.8, 4) is 0 Å². The molecule has 2 heterocycles. The lowest BCUT2D eigenvalue weighted by Crippen LogP contribution is -2.26. The molecule has 3 nitrogen and oxygen atoms in total. The van der Waals surface area contributed by atoms with Gasteiger partial charge in [-0.15, -0.1) is 11.3 Å². The number of hydrogen-bond acceptors (Lipinski definition) is 4. The molecule has 0 bridgehead atoms. The number of amides is 1. The highest BCUT2D eigenvalue weighted by Gasteiger charge is 2.20. The molecule has 3 aromatic rings. The minimum Gasteiger partial charge on any atom is -0.397 e. The number of nitrogens with two attached hydrogens (primary N) is 1. The number of hydrogen-bond donors (Lipinski definition) is 2. The van der Waals surface area contributed by atoms with Crippen LogP contribution >= 0.6 is 22.7 Å². The van der Waals surface area contributed by atoms with Crippen molar-refractivity contribution in [1.82, 2.24) is 5.32 Å². The monoisotopic (exact) mass is 320 g/mol. The summed E-state index contributed by atoms with van der Waals surface area (Å²) in [6.45, 7) is 1.91. The molecule has 1 atom stereocenters. The van der Waals surface area contributed by atoms with E-state index in [1.54, 1.807) is 23.5 Å². The van der Waals surface area contributed by atoms with Gasteiger partial charge >= 0.3 is 0 Å². The molecule has 0 saturated heterocycles. The number of rotatable bonds is 3. The van der Waals surface area contributed by atoms with Crippen molar-refractivity contribution in [3.05, 3.63) is 51.3 Å². The van der Waals surface area contributed by atoms with E-state index >= 15 is 0 Å². The van der Waals surface area contributed by atoms with Crippen molar-refractivity contribution in [2.45, 2.75) is 13.0 Å². The zero-order valence-electron chi connectivity index (χ0n) is 11.2. The number of halogens is 1. The fourth-order valence-corrected chi connectivity index (χ4v) is 3.96. The molecule has 1 aromatic carbocycles. The second kappa shape index (κ2) is 5.46. The van der Waals surface area contributed by atoms with Gasteiger partial charge in [-0.05, 0) is 41.4 Å². The van der Waals surface area contributed by atoms with Gasteiger partial charge in [-0.1, -0.05) is 6.07 Å². The summed E-state index contributed by atoms with van der Waals surface area (Å²) >= 11 is 2.79. The van der Waals surface area contributed by atoms with Gasteiger partial charge in [0.2, 0.25) is 0 Å². The second-order valence-corrected chi connectivity index (χ2v) is 6.54. The van der Waals surface area contributed by atoms with Crippen molar-refractivity contribution < 1.29 is 9.18 Å². The molecule has 1 unspecified atom stereocenters. The summed E-state index contributed by atoms with van der Waals surface area (Å²) in [6, 6.07) is 6.57. The number of anilines is 1. The van der Waals surface area contributed by atoms with E-state index in [1.807, 2.05) is 23.8 Å². The first-order valence-electron chi connectivity index (χ1n) is 6.37. The van der Waals surface area contributed by atoms with Crippen LogP contribution in [0.25, 0.3) is 10.1 Å². The highest BCUT2D eigenvalue weighted by molar-refractivity contribution is 7.21. The third kappa shape index (κ3) is 2.52. The van der Waals surface area contributed by atoms with Crippen LogP contribution in [0.1, 0.15) is 28.2 Å². The maximum atomic E-state index is 13.8. The zero-order chi connectivity index (χ0) is 15.0. The minimum atomic E-state index is -0.397. The molecule has 108 valence electrons. The van der Waals surface area contributed by atoms with Crippen LogP contribution in [0.3, 0.4) is 0 Å². The summed E-state index contributed by atoms with van der Waals surface area (Å²) < 4.78 is 14.5. The van der Waals surface area contributed by atoms with Crippen molar-refractivity contribution in [2.75, 3.05) is 5.73 Å². The molecule has 3 rings (SSSR count). The first kappa shape index (κ1) is 14.0. The topological polar surface area (TPSA) is 55.1 Å². The van der Waals surface area contributed by atoms with E-state index in [4.69, 9.17) is 5.73 Å². The van der Waals surface area contributed by atoms with Crippen LogP contribution in [-0.4, -0.2) is 5.91 Å². The fraction of sp³-hybridized carbons (Fsp3) is 0.133. The largest absolute Gasteiger partial charge is 0.397 e. The summed E-state index contributed by atoms with van der Waals surface area (Å²) in [4.78, 5) is 12.7. The van der Waals surface area contributed by atoms with E-state index < -0.39 is 5.82 Å². The Bertz CT molecular complexity index is 795. The second-order valence-electron chi connectivity index (χ2n) is 4.71. The smallest absolute Gasteiger partial charge is 0.263 e. The van der Waals surface area contributed by atoms with Crippen molar-refractivity contribution in [2.24, 2.45) is 0 Å². The Morgan fingerprint density at radius 1 is 1.38 bits per heavy atom. The van der Waals surface area contributed by atoms with E-state index in [0.717, 1.165) is 5.56 Å². The van der Waals surface area contributed by atoms with Crippen LogP contribution in [0.5, 0.6) is 0 Å². The fourth-order valence-electron chi connectivity index (χ4n) is 2.16. The summed E-state index contributed by atoms with van der Waals surface area (Å²) in [7, 11) is 0. The maximum Gasteiger partial charge on any atom is 0.263 e. The lowest BCUT2D eigenvalue weighted by Gasteiger charge is -2.11. The van der Waals surface area contributed by atoms with Gasteiger partial charge in [0.15, 0.2) is 0 Å². The predicted octanol–water partition coefficient (Wildman–Crippen LogP) is 4.18. The molecule has 0 saturated carbocycles. The zero-order valence-corrected chi connectivity index (χ0v) is 12.9. The van der Waals surface area contributed by atoms with Crippen molar-refractivity contribution in [3.63, 3.8) is 0 Å². The van der Waals surface area contributed by atoms with Gasteiger partial charge in [-0.3, -0.25) is 4.79 Å². The van der Waals surface area contributed by atoms with Crippen LogP contribution in [0.2, 0.25) is 0 Å². The standard InChI is InChI=1S/C15H13FN2OS2/c1-8(9-5-6-20-7-9)18-15(19)14-13(17)12-10(16)3-2-4-11(12)21-14/h2-8H,17H2,1H3,(H,18,19). The minimum absolute atomic E-state index is 0.113. The first-order valence-corrected chi connectivity index (χ1v) is 8.13. The Morgan fingerprint density at radius 2 is 2.19 bits per heavy atom. The average Bonchev–Trinajstić information content (AvgIpc) is 3.07. The first-order chi connectivity index (χ1) is 10.1. The number of benzene rings is 1. The Morgan fingerprint density at radius 3 is 2.86 bits per heavy atom. The number of carbonyl (C=O) groups excluding carboxylic acids is 1. The van der Waals surface area contributed by atoms with Gasteiger partial charge < -0.3 is 11.1 Å². The van der Waals surface area contributed by atoms with E-state index in [2.05, 4.69) is 5.32 Å². The molecule has 6 heteroatoms. The highest BCUT2D eigenvalue weighted by Crippen LogP contribution is 2.35. The lowest BCUT2D eigenvalue weighted by molar-refractivity contribution is 0.0945. The third-order valence-electron chi connectivity index (χ3n) is 3.30. The molecular formula is C15H13FN2OS2. The third-order valence-corrected chi connectivity index (χ3v) is 5.17. The molecule has 21 heavy (non-hydrogen) atoms. The quantitative estimate of drug-likeness (QED) is 0.761. The van der Waals surface area contributed by atoms with Crippen molar-refractivity contribution in [1.29, 1.82) is 0 Å². The summed E-state index contributed by atoms with van der Waals surface area (Å²) in [5.41, 5.74) is 7.20. The highest BCUT2D eigenvalue weighted by atomic mass is 32.1. The summed E-state index contributed by atoms with van der Waals surface area (Å²) in [6.07, 6.45) is 0. The van der Waals surface area contributed by atoms with E-state index in [9.17, 15) is 9.18 Å². The number of nitrogen functional groups attached to an aromatic ring is 1. The lowest BCUT2D eigenvalue weighted by atomic mass is 10.1.